The number of hydrogen-bond donors (Lipinski definition) is 3. The van der Waals surface area contributed by atoms with Gasteiger partial charge in [-0.1, -0.05) is 0 Å². The largest absolute Gasteiger partial charge is 0.383 e. The number of anilines is 1. The van der Waals surface area contributed by atoms with Crippen molar-refractivity contribution in [1.29, 1.82) is 0 Å². The summed E-state index contributed by atoms with van der Waals surface area (Å²) in [5, 5.41) is 0. The minimum atomic E-state index is -3.67. The highest BCUT2D eigenvalue weighted by molar-refractivity contribution is 7.85. The standard InChI is InChI=1S/C9H7N5.CH4O3S/c10-9-8-7(12-4-13-8)6-5(14-9)2-1-3-11-6;1-5(2,3)4/h1-4,14H,10H2;1H3,(H,2,3,4). The van der Waals surface area contributed by atoms with E-state index in [-0.39, 0.29) is 0 Å². The predicted molar refractivity (Wildman–Crippen MR) is 70.2 cm³/mol. The second-order valence-electron chi connectivity index (χ2n) is 3.74. The van der Waals surface area contributed by atoms with E-state index in [2.05, 4.69) is 19.9 Å². The zero-order valence-electron chi connectivity index (χ0n) is 9.90. The molecule has 2 aliphatic rings. The van der Waals surface area contributed by atoms with Crippen molar-refractivity contribution in [3.05, 3.63) is 24.7 Å². The predicted octanol–water partition coefficient (Wildman–Crippen LogP) is 0.544. The molecule has 0 atom stereocenters. The van der Waals surface area contributed by atoms with Crippen molar-refractivity contribution >= 4 is 27.0 Å². The van der Waals surface area contributed by atoms with E-state index in [0.717, 1.165) is 16.7 Å². The fourth-order valence-corrected chi connectivity index (χ4v) is 1.54. The van der Waals surface area contributed by atoms with Crippen LogP contribution in [0.4, 0.5) is 5.82 Å². The molecule has 0 unspecified atom stereocenters. The summed E-state index contributed by atoms with van der Waals surface area (Å²) in [6, 6.07) is 3.76. The Bertz CT molecular complexity index is 775. The van der Waals surface area contributed by atoms with Gasteiger partial charge in [0.05, 0.1) is 11.8 Å². The van der Waals surface area contributed by atoms with Crippen LogP contribution in [0.15, 0.2) is 24.7 Å². The molecule has 0 radical (unpaired) electrons. The molecule has 0 aliphatic carbocycles. The average Bonchev–Trinajstić information content (AvgIpc) is 2.76. The Labute approximate surface area is 108 Å². The molecule has 1 aromatic heterocycles. The first-order valence-corrected chi connectivity index (χ1v) is 6.96. The van der Waals surface area contributed by atoms with E-state index in [0.29, 0.717) is 17.8 Å². The van der Waals surface area contributed by atoms with Crippen molar-refractivity contribution in [3.63, 3.8) is 0 Å². The molecule has 0 saturated carbocycles. The highest BCUT2D eigenvalue weighted by atomic mass is 32.2. The summed E-state index contributed by atoms with van der Waals surface area (Å²) < 4.78 is 25.9. The first-order valence-electron chi connectivity index (χ1n) is 5.11. The first-order chi connectivity index (χ1) is 8.86. The van der Waals surface area contributed by atoms with Crippen LogP contribution in [-0.4, -0.2) is 39.2 Å². The van der Waals surface area contributed by atoms with Gasteiger partial charge in [0.15, 0.2) is 0 Å². The first kappa shape index (κ1) is 13.2. The monoisotopic (exact) mass is 281 g/mol. The number of imidazole rings is 1. The van der Waals surface area contributed by atoms with Gasteiger partial charge in [0.25, 0.3) is 10.1 Å². The van der Waals surface area contributed by atoms with Gasteiger partial charge in [-0.2, -0.15) is 8.42 Å². The fraction of sp³-hybridized carbons (Fsp3) is 0.100. The molecule has 0 bridgehead atoms. The Morgan fingerprint density at radius 2 is 1.89 bits per heavy atom. The van der Waals surface area contributed by atoms with Gasteiger partial charge in [-0.3, -0.25) is 9.54 Å². The molecule has 0 spiro atoms. The number of aromatic amines is 1. The van der Waals surface area contributed by atoms with Crippen molar-refractivity contribution in [3.8, 4) is 11.4 Å². The van der Waals surface area contributed by atoms with E-state index in [4.69, 9.17) is 10.3 Å². The Kier molecular flexibility index (Phi) is 3.32. The highest BCUT2D eigenvalue weighted by Gasteiger charge is 2.14. The number of nitrogens with two attached hydrogens (primary N) is 1. The molecule has 0 fully saturated rings. The summed E-state index contributed by atoms with van der Waals surface area (Å²) >= 11 is 0. The summed E-state index contributed by atoms with van der Waals surface area (Å²) in [5.41, 5.74) is 8.88. The number of pyridine rings is 2. The summed E-state index contributed by atoms with van der Waals surface area (Å²) in [6.45, 7) is 0. The normalized spacial score (nSPS) is 11.3. The third-order valence-corrected chi connectivity index (χ3v) is 2.15. The molecule has 3 rings (SSSR count). The molecule has 0 saturated heterocycles. The third-order valence-electron chi connectivity index (χ3n) is 2.15. The van der Waals surface area contributed by atoms with E-state index in [1.165, 1.54) is 6.33 Å². The van der Waals surface area contributed by atoms with Crippen LogP contribution in [0.1, 0.15) is 0 Å². The Hall–Kier alpha value is -2.26. The maximum atomic E-state index is 9.19. The van der Waals surface area contributed by atoms with Gasteiger partial charge in [-0.05, 0) is 12.1 Å². The lowest BCUT2D eigenvalue weighted by atomic mass is 10.2. The smallest absolute Gasteiger partial charge is 0.261 e. The highest BCUT2D eigenvalue weighted by Crippen LogP contribution is 2.28. The Morgan fingerprint density at radius 3 is 2.58 bits per heavy atom. The topological polar surface area (TPSA) is 135 Å². The van der Waals surface area contributed by atoms with Crippen LogP contribution < -0.4 is 5.73 Å². The maximum absolute atomic E-state index is 9.19. The third kappa shape index (κ3) is 3.14. The SMILES string of the molecule is CS(=O)(=O)O.Nc1[nH]c2cccnc2c2ncnc1-2. The van der Waals surface area contributed by atoms with Gasteiger partial charge < -0.3 is 10.7 Å². The van der Waals surface area contributed by atoms with Crippen molar-refractivity contribution in [2.75, 3.05) is 12.0 Å². The molecule has 2 aliphatic heterocycles. The second-order valence-corrected chi connectivity index (χ2v) is 5.21. The lowest BCUT2D eigenvalue weighted by Crippen LogP contribution is -1.97. The lowest BCUT2D eigenvalue weighted by Gasteiger charge is -2.04. The molecule has 100 valence electrons. The number of fused-ring (bicyclic) bond motifs is 3. The van der Waals surface area contributed by atoms with E-state index >= 15 is 0 Å². The van der Waals surface area contributed by atoms with Crippen LogP contribution in [-0.2, 0) is 10.1 Å². The van der Waals surface area contributed by atoms with Gasteiger partial charge in [-0.15, -0.1) is 0 Å². The van der Waals surface area contributed by atoms with E-state index in [9.17, 15) is 8.42 Å². The van der Waals surface area contributed by atoms with Gasteiger partial charge >= 0.3 is 0 Å². The fourth-order valence-electron chi connectivity index (χ4n) is 1.54. The summed E-state index contributed by atoms with van der Waals surface area (Å²) in [6.07, 6.45) is 3.93. The summed E-state index contributed by atoms with van der Waals surface area (Å²) in [7, 11) is -3.67. The van der Waals surface area contributed by atoms with Crippen molar-refractivity contribution in [2.45, 2.75) is 0 Å². The zero-order chi connectivity index (χ0) is 14.0. The molecular formula is C10H11N5O3S. The summed E-state index contributed by atoms with van der Waals surface area (Å²) in [5.74, 6) is 0.526. The van der Waals surface area contributed by atoms with E-state index in [1.807, 2.05) is 12.1 Å². The summed E-state index contributed by atoms with van der Waals surface area (Å²) in [4.78, 5) is 15.5. The number of nitrogen functional groups attached to an aromatic ring is 1. The molecular weight excluding hydrogens is 270 g/mol. The minimum absolute atomic E-state index is 0.526. The molecule has 9 heteroatoms. The van der Waals surface area contributed by atoms with Gasteiger partial charge in [0, 0.05) is 6.20 Å². The molecule has 8 nitrogen and oxygen atoms in total. The lowest BCUT2D eigenvalue weighted by molar-refractivity contribution is 0.490. The molecule has 4 N–H and O–H groups in total. The quantitative estimate of drug-likeness (QED) is 0.512. The van der Waals surface area contributed by atoms with Crippen LogP contribution >= 0.6 is 0 Å². The van der Waals surface area contributed by atoms with Crippen molar-refractivity contribution in [2.24, 2.45) is 0 Å². The van der Waals surface area contributed by atoms with Gasteiger partial charge in [0.2, 0.25) is 0 Å². The minimum Gasteiger partial charge on any atom is -0.383 e. The van der Waals surface area contributed by atoms with E-state index < -0.39 is 10.1 Å². The van der Waals surface area contributed by atoms with Gasteiger partial charge in [0.1, 0.15) is 29.0 Å². The van der Waals surface area contributed by atoms with Crippen LogP contribution in [0.2, 0.25) is 0 Å². The van der Waals surface area contributed by atoms with Crippen LogP contribution in [0, 0.1) is 0 Å². The molecule has 1 aromatic rings. The van der Waals surface area contributed by atoms with Crippen LogP contribution in [0.25, 0.3) is 22.4 Å². The Balaban J connectivity index is 0.000000232. The number of nitrogens with one attached hydrogen (secondary N) is 1. The second kappa shape index (κ2) is 4.78. The molecule has 0 amide bonds. The number of H-pyrrole nitrogens is 1. The van der Waals surface area contributed by atoms with Crippen LogP contribution in [0.5, 0.6) is 0 Å². The van der Waals surface area contributed by atoms with Gasteiger partial charge in [-0.25, -0.2) is 9.97 Å². The maximum Gasteiger partial charge on any atom is 0.261 e. The molecule has 19 heavy (non-hydrogen) atoms. The number of hydrogen-bond acceptors (Lipinski definition) is 6. The number of rotatable bonds is 0. The van der Waals surface area contributed by atoms with Crippen molar-refractivity contribution in [1.82, 2.24) is 19.9 Å². The van der Waals surface area contributed by atoms with E-state index in [1.54, 1.807) is 6.20 Å². The van der Waals surface area contributed by atoms with Crippen molar-refractivity contribution < 1.29 is 13.0 Å². The Morgan fingerprint density at radius 1 is 1.26 bits per heavy atom. The molecule has 3 heterocycles. The average molecular weight is 281 g/mol. The van der Waals surface area contributed by atoms with Crippen LogP contribution in [0.3, 0.4) is 0 Å². The number of nitrogens with zero attached hydrogens (tertiary/aromatic N) is 3. The zero-order valence-corrected chi connectivity index (χ0v) is 10.7. The number of aromatic nitrogens is 4. The molecule has 0 aromatic carbocycles.